The van der Waals surface area contributed by atoms with E-state index in [1.807, 2.05) is 12.1 Å². The van der Waals surface area contributed by atoms with Crippen molar-refractivity contribution in [2.24, 2.45) is 17.3 Å². The number of carbonyl (C=O) groups is 1. The van der Waals surface area contributed by atoms with Crippen LogP contribution in [0.15, 0.2) is 47.1 Å². The maximum Gasteiger partial charge on any atom is 0.456 e. The molecular weight excluding hydrogens is 487 g/mol. The number of alkyl halides is 5. The van der Waals surface area contributed by atoms with Crippen LogP contribution in [0.3, 0.4) is 0 Å². The van der Waals surface area contributed by atoms with E-state index in [-0.39, 0.29) is 35.9 Å². The van der Waals surface area contributed by atoms with Gasteiger partial charge in [0.25, 0.3) is 0 Å². The first-order chi connectivity index (χ1) is 17.2. The summed E-state index contributed by atoms with van der Waals surface area (Å²) in [4.78, 5) is 12.2. The van der Waals surface area contributed by atoms with E-state index in [1.165, 1.54) is 6.92 Å². The van der Waals surface area contributed by atoms with Crippen LogP contribution in [-0.2, 0) is 10.2 Å². The van der Waals surface area contributed by atoms with Crippen LogP contribution in [0.5, 0.6) is 0 Å². The Kier molecular flexibility index (Phi) is 5.30. The molecule has 0 radical (unpaired) electrons. The van der Waals surface area contributed by atoms with Crippen molar-refractivity contribution >= 4 is 5.78 Å². The topological polar surface area (TPSA) is 37.3 Å². The highest BCUT2D eigenvalue weighted by atomic mass is 19.4. The summed E-state index contributed by atoms with van der Waals surface area (Å²) in [5.41, 5.74) is 0.574. The van der Waals surface area contributed by atoms with Gasteiger partial charge in [-0.1, -0.05) is 43.7 Å². The first-order valence-electron chi connectivity index (χ1n) is 13.5. The third-order valence-corrected chi connectivity index (χ3v) is 10.7. The molecule has 5 aliphatic carbocycles. The highest BCUT2D eigenvalue weighted by Gasteiger charge is 2.79. The first-order valence-corrected chi connectivity index (χ1v) is 13.5. The number of hydrogen-bond acceptors (Lipinski definition) is 2. The molecule has 200 valence electrons. The lowest BCUT2D eigenvalue weighted by atomic mass is 9.50. The number of fused-ring (bicyclic) bond motifs is 4. The molecule has 3 saturated carbocycles. The van der Waals surface area contributed by atoms with Crippen LogP contribution in [0.25, 0.3) is 0 Å². The summed E-state index contributed by atoms with van der Waals surface area (Å²) in [6.45, 7) is 3.66. The Morgan fingerprint density at radius 1 is 0.973 bits per heavy atom. The van der Waals surface area contributed by atoms with E-state index in [0.717, 1.165) is 40.7 Å². The zero-order chi connectivity index (χ0) is 26.6. The van der Waals surface area contributed by atoms with Gasteiger partial charge in [0.2, 0.25) is 0 Å². The molecule has 6 rings (SSSR count). The zero-order valence-electron chi connectivity index (χ0n) is 21.2. The van der Waals surface area contributed by atoms with Gasteiger partial charge in [0.1, 0.15) is 5.60 Å². The minimum atomic E-state index is -5.83. The molecule has 0 amide bonds. The molecule has 0 heterocycles. The normalized spacial score (nSPS) is 37.0. The lowest BCUT2D eigenvalue weighted by Crippen LogP contribution is -2.65. The van der Waals surface area contributed by atoms with E-state index in [4.69, 9.17) is 0 Å². The van der Waals surface area contributed by atoms with Crippen LogP contribution in [0, 0.1) is 17.3 Å². The Balaban J connectivity index is 1.53. The lowest BCUT2D eigenvalue weighted by molar-refractivity contribution is -0.362. The molecule has 0 bridgehead atoms. The van der Waals surface area contributed by atoms with Gasteiger partial charge in [-0.2, -0.15) is 22.0 Å². The minimum Gasteiger partial charge on any atom is -0.383 e. The summed E-state index contributed by atoms with van der Waals surface area (Å²) in [7, 11) is 0. The van der Waals surface area contributed by atoms with Crippen molar-refractivity contribution in [2.75, 3.05) is 0 Å². The molecular formula is C30H33F5O2. The van der Waals surface area contributed by atoms with Crippen molar-refractivity contribution in [2.45, 2.75) is 101 Å². The summed E-state index contributed by atoms with van der Waals surface area (Å²) in [6.07, 6.45) is -0.257. The molecule has 7 heteroatoms. The Bertz CT molecular complexity index is 1220. The van der Waals surface area contributed by atoms with Crippen molar-refractivity contribution in [3.63, 3.8) is 0 Å². The third-order valence-electron chi connectivity index (χ3n) is 10.7. The molecule has 1 aromatic rings. The molecule has 2 unspecified atom stereocenters. The summed E-state index contributed by atoms with van der Waals surface area (Å²) >= 11 is 0. The first kappa shape index (κ1) is 25.3. The second kappa shape index (κ2) is 7.77. The summed E-state index contributed by atoms with van der Waals surface area (Å²) < 4.78 is 71.3. The quantitative estimate of drug-likeness (QED) is 0.418. The fourth-order valence-electron chi connectivity index (χ4n) is 8.32. The fraction of sp³-hybridized carbons (Fsp3) is 0.633. The molecule has 0 saturated heterocycles. The summed E-state index contributed by atoms with van der Waals surface area (Å²) in [5, 5.41) is 11.4. The maximum absolute atomic E-state index is 15.1. The zero-order valence-corrected chi connectivity index (χ0v) is 21.2. The Hall–Kier alpha value is -2.02. The third kappa shape index (κ3) is 3.41. The van der Waals surface area contributed by atoms with E-state index in [1.54, 1.807) is 6.08 Å². The van der Waals surface area contributed by atoms with Crippen molar-refractivity contribution < 1.29 is 31.9 Å². The van der Waals surface area contributed by atoms with Gasteiger partial charge in [0.15, 0.2) is 5.78 Å². The average molecular weight is 521 g/mol. The number of halogens is 5. The summed E-state index contributed by atoms with van der Waals surface area (Å²) in [5.74, 6) is -6.18. The van der Waals surface area contributed by atoms with Crippen LogP contribution in [0.1, 0.15) is 88.7 Å². The van der Waals surface area contributed by atoms with Crippen molar-refractivity contribution in [3.05, 3.63) is 58.2 Å². The molecule has 37 heavy (non-hydrogen) atoms. The predicted octanol–water partition coefficient (Wildman–Crippen LogP) is 7.57. The number of carbonyl (C=O) groups excluding carboxylic acids is 1. The van der Waals surface area contributed by atoms with Gasteiger partial charge in [-0.05, 0) is 97.0 Å². The Morgan fingerprint density at radius 2 is 1.70 bits per heavy atom. The van der Waals surface area contributed by atoms with Gasteiger partial charge in [-0.25, -0.2) is 0 Å². The molecule has 3 fully saturated rings. The van der Waals surface area contributed by atoms with Crippen LogP contribution in [0.2, 0.25) is 0 Å². The monoisotopic (exact) mass is 520 g/mol. The molecule has 0 aliphatic heterocycles. The average Bonchev–Trinajstić information content (AvgIpc) is 3.53. The van der Waals surface area contributed by atoms with Gasteiger partial charge in [0.05, 0.1) is 0 Å². The smallest absolute Gasteiger partial charge is 0.383 e. The highest BCUT2D eigenvalue weighted by Crippen LogP contribution is 2.70. The van der Waals surface area contributed by atoms with Gasteiger partial charge >= 0.3 is 12.1 Å². The predicted molar refractivity (Wildman–Crippen MR) is 129 cm³/mol. The van der Waals surface area contributed by atoms with Gasteiger partial charge in [-0.15, -0.1) is 0 Å². The molecule has 5 aliphatic rings. The fourth-order valence-corrected chi connectivity index (χ4v) is 8.32. The number of benzene rings is 1. The second-order valence-corrected chi connectivity index (χ2v) is 12.7. The second-order valence-electron chi connectivity index (χ2n) is 12.7. The molecule has 5 atom stereocenters. The lowest BCUT2D eigenvalue weighted by Gasteiger charge is -2.56. The minimum absolute atomic E-state index is 0.0244. The molecule has 1 N–H and O–H groups in total. The van der Waals surface area contributed by atoms with Crippen LogP contribution >= 0.6 is 0 Å². The SMILES string of the molecule is CC1(c2cccc([C@H]3C[C@@]4(C)C(CC[C@@]4(O)C(F)(F)C(F)(F)F)C4CCC5=CC(=O)CCC5=C43)c2)CC1. The Morgan fingerprint density at radius 3 is 2.38 bits per heavy atom. The highest BCUT2D eigenvalue weighted by molar-refractivity contribution is 5.93. The van der Waals surface area contributed by atoms with E-state index < -0.39 is 35.5 Å². The molecule has 2 nitrogen and oxygen atoms in total. The number of allylic oxidation sites excluding steroid dienone is 4. The van der Waals surface area contributed by atoms with E-state index >= 15 is 8.78 Å². The molecule has 0 spiro atoms. The van der Waals surface area contributed by atoms with Crippen molar-refractivity contribution in [3.8, 4) is 0 Å². The summed E-state index contributed by atoms with van der Waals surface area (Å²) in [6, 6.07) is 8.08. The van der Waals surface area contributed by atoms with Crippen LogP contribution in [-0.4, -0.2) is 28.6 Å². The van der Waals surface area contributed by atoms with E-state index in [0.29, 0.717) is 25.7 Å². The molecule has 1 aromatic carbocycles. The standard InChI is InChI=1S/C30H33F5O2/c1-26(12-13-26)19-5-3-4-17(14-19)23-16-27(2)24(10-11-28(27,37)29(31,32)30(33,34)35)22-8-6-18-15-20(36)7-9-21(18)25(22)23/h3-5,14-15,22-24,37H,6-13,16H2,1-2H3/t22?,23-,24?,27+,28+/m1/s1. The van der Waals surface area contributed by atoms with E-state index in [2.05, 4.69) is 19.1 Å². The van der Waals surface area contributed by atoms with Crippen LogP contribution in [0.4, 0.5) is 22.0 Å². The largest absolute Gasteiger partial charge is 0.456 e. The Labute approximate surface area is 214 Å². The van der Waals surface area contributed by atoms with E-state index in [9.17, 15) is 23.1 Å². The number of ketones is 1. The van der Waals surface area contributed by atoms with Gasteiger partial charge < -0.3 is 5.11 Å². The van der Waals surface area contributed by atoms with Crippen LogP contribution < -0.4 is 0 Å². The van der Waals surface area contributed by atoms with Crippen molar-refractivity contribution in [1.29, 1.82) is 0 Å². The van der Waals surface area contributed by atoms with Gasteiger partial charge in [0, 0.05) is 17.8 Å². The number of aliphatic hydroxyl groups is 1. The number of rotatable bonds is 3. The maximum atomic E-state index is 15.1. The van der Waals surface area contributed by atoms with Gasteiger partial charge in [-0.3, -0.25) is 4.79 Å². The molecule has 0 aromatic heterocycles. The van der Waals surface area contributed by atoms with Crippen molar-refractivity contribution in [1.82, 2.24) is 0 Å². The number of hydrogen-bond donors (Lipinski definition) is 1.